The lowest BCUT2D eigenvalue weighted by atomic mass is 9.99. The van der Waals surface area contributed by atoms with Gasteiger partial charge in [-0.25, -0.2) is 8.78 Å². The number of fused-ring (bicyclic) bond motifs is 1. The SMILES string of the molecule is O=C(Nc1ccncc1)c1n[nH]c2ccc(-c3cc(CN4CCCCC4)cc(F)c3F)cc12. The first kappa shape index (κ1) is 21.2. The van der Waals surface area contributed by atoms with Crippen molar-refractivity contribution in [3.05, 3.63) is 77.8 Å². The number of aromatic amines is 1. The summed E-state index contributed by atoms with van der Waals surface area (Å²) in [6.45, 7) is 2.51. The fraction of sp³-hybridized carbons (Fsp3) is 0.240. The topological polar surface area (TPSA) is 73.9 Å². The Hall–Kier alpha value is -3.65. The molecule has 1 aliphatic heterocycles. The number of halogens is 2. The second-order valence-electron chi connectivity index (χ2n) is 8.30. The third kappa shape index (κ3) is 4.47. The smallest absolute Gasteiger partial charge is 0.276 e. The van der Waals surface area contributed by atoms with Gasteiger partial charge in [-0.3, -0.25) is 19.8 Å². The second kappa shape index (κ2) is 9.07. The molecule has 0 radical (unpaired) electrons. The van der Waals surface area contributed by atoms with Gasteiger partial charge in [-0.1, -0.05) is 12.5 Å². The number of carbonyl (C=O) groups is 1. The number of piperidine rings is 1. The molecule has 0 bridgehead atoms. The van der Waals surface area contributed by atoms with Gasteiger partial charge < -0.3 is 5.32 Å². The molecule has 33 heavy (non-hydrogen) atoms. The Morgan fingerprint density at radius 1 is 1.03 bits per heavy atom. The first-order valence-electron chi connectivity index (χ1n) is 11.0. The first-order chi connectivity index (χ1) is 16.1. The lowest BCUT2D eigenvalue weighted by Gasteiger charge is -2.26. The number of carbonyl (C=O) groups excluding carboxylic acids is 1. The van der Waals surface area contributed by atoms with Gasteiger partial charge in [0.05, 0.1) is 5.52 Å². The van der Waals surface area contributed by atoms with E-state index in [2.05, 4.69) is 25.4 Å². The monoisotopic (exact) mass is 447 g/mol. The fourth-order valence-corrected chi connectivity index (χ4v) is 4.30. The standard InChI is InChI=1S/C25H23F2N5O/c26-21-13-16(15-32-10-2-1-3-11-32)12-19(23(21)27)17-4-5-22-20(14-17)24(31-30-22)25(33)29-18-6-8-28-9-7-18/h4-9,12-14H,1-3,10-11,15H2,(H,30,31)(H,28,29,33). The molecule has 0 aliphatic carbocycles. The van der Waals surface area contributed by atoms with Crippen molar-refractivity contribution < 1.29 is 13.6 Å². The van der Waals surface area contributed by atoms with E-state index in [1.807, 2.05) is 0 Å². The summed E-state index contributed by atoms with van der Waals surface area (Å²) in [5, 5.41) is 10.3. The second-order valence-corrected chi connectivity index (χ2v) is 8.30. The number of hydrogen-bond donors (Lipinski definition) is 2. The zero-order valence-electron chi connectivity index (χ0n) is 17.9. The van der Waals surface area contributed by atoms with Crippen molar-refractivity contribution in [3.63, 3.8) is 0 Å². The normalized spacial score (nSPS) is 14.5. The van der Waals surface area contributed by atoms with Gasteiger partial charge >= 0.3 is 0 Å². The summed E-state index contributed by atoms with van der Waals surface area (Å²) in [7, 11) is 0. The largest absolute Gasteiger partial charge is 0.320 e. The van der Waals surface area contributed by atoms with Gasteiger partial charge in [0.1, 0.15) is 0 Å². The molecule has 0 spiro atoms. The van der Waals surface area contributed by atoms with Crippen LogP contribution >= 0.6 is 0 Å². The minimum absolute atomic E-state index is 0.172. The van der Waals surface area contributed by atoms with E-state index >= 15 is 0 Å². The molecule has 3 heterocycles. The number of pyridine rings is 1. The van der Waals surface area contributed by atoms with Crippen molar-refractivity contribution in [1.82, 2.24) is 20.1 Å². The quantitative estimate of drug-likeness (QED) is 0.444. The van der Waals surface area contributed by atoms with Crippen LogP contribution in [-0.4, -0.2) is 39.1 Å². The van der Waals surface area contributed by atoms with Crippen molar-refractivity contribution in [2.24, 2.45) is 0 Å². The van der Waals surface area contributed by atoms with Gasteiger partial charge in [-0.15, -0.1) is 0 Å². The van der Waals surface area contributed by atoms with Crippen molar-refractivity contribution in [2.75, 3.05) is 18.4 Å². The van der Waals surface area contributed by atoms with E-state index in [-0.39, 0.29) is 11.3 Å². The number of H-pyrrole nitrogens is 1. The van der Waals surface area contributed by atoms with Crippen LogP contribution in [0.4, 0.5) is 14.5 Å². The van der Waals surface area contributed by atoms with Crippen LogP contribution in [0.3, 0.4) is 0 Å². The van der Waals surface area contributed by atoms with Gasteiger partial charge in [0.2, 0.25) is 0 Å². The first-order valence-corrected chi connectivity index (χ1v) is 11.0. The van der Waals surface area contributed by atoms with Crippen molar-refractivity contribution in [2.45, 2.75) is 25.8 Å². The lowest BCUT2D eigenvalue weighted by Crippen LogP contribution is -2.29. The minimum atomic E-state index is -0.900. The maximum Gasteiger partial charge on any atom is 0.276 e. The van der Waals surface area contributed by atoms with E-state index in [0.29, 0.717) is 28.7 Å². The average molecular weight is 447 g/mol. The number of nitrogens with zero attached hydrogens (tertiary/aromatic N) is 3. The van der Waals surface area contributed by atoms with Gasteiger partial charge in [-0.2, -0.15) is 5.10 Å². The molecule has 5 rings (SSSR count). The van der Waals surface area contributed by atoms with Crippen molar-refractivity contribution in [3.8, 4) is 11.1 Å². The highest BCUT2D eigenvalue weighted by atomic mass is 19.2. The van der Waals surface area contributed by atoms with E-state index in [9.17, 15) is 13.6 Å². The molecule has 2 N–H and O–H groups in total. The van der Waals surface area contributed by atoms with E-state index in [1.54, 1.807) is 48.8 Å². The van der Waals surface area contributed by atoms with Crippen LogP contribution in [0.15, 0.2) is 54.9 Å². The number of nitrogens with one attached hydrogen (secondary N) is 2. The highest BCUT2D eigenvalue weighted by molar-refractivity contribution is 6.11. The number of likely N-dealkylation sites (tertiary alicyclic amines) is 1. The summed E-state index contributed by atoms with van der Waals surface area (Å²) in [6, 6.07) is 11.4. The minimum Gasteiger partial charge on any atom is -0.320 e. The Bertz CT molecular complexity index is 1300. The molecule has 2 aromatic carbocycles. The molecule has 1 saturated heterocycles. The molecule has 4 aromatic rings. The molecule has 6 nitrogen and oxygen atoms in total. The number of anilines is 1. The van der Waals surface area contributed by atoms with Crippen LogP contribution in [0, 0.1) is 11.6 Å². The molecular formula is C25H23F2N5O. The van der Waals surface area contributed by atoms with E-state index in [4.69, 9.17) is 0 Å². The molecular weight excluding hydrogens is 424 g/mol. The van der Waals surface area contributed by atoms with Crippen molar-refractivity contribution >= 4 is 22.5 Å². The third-order valence-electron chi connectivity index (χ3n) is 5.97. The van der Waals surface area contributed by atoms with Crippen molar-refractivity contribution in [1.29, 1.82) is 0 Å². The maximum atomic E-state index is 14.8. The molecule has 168 valence electrons. The highest BCUT2D eigenvalue weighted by Crippen LogP contribution is 2.30. The Balaban J connectivity index is 1.48. The predicted molar refractivity (Wildman–Crippen MR) is 123 cm³/mol. The van der Waals surface area contributed by atoms with Crippen LogP contribution < -0.4 is 5.32 Å². The third-order valence-corrected chi connectivity index (χ3v) is 5.97. The number of hydrogen-bond acceptors (Lipinski definition) is 4. The maximum absolute atomic E-state index is 14.8. The summed E-state index contributed by atoms with van der Waals surface area (Å²) in [6.07, 6.45) is 6.60. The average Bonchev–Trinajstić information content (AvgIpc) is 3.26. The summed E-state index contributed by atoms with van der Waals surface area (Å²) in [5.41, 5.74) is 2.77. The van der Waals surface area contributed by atoms with Crippen LogP contribution in [-0.2, 0) is 6.54 Å². The Morgan fingerprint density at radius 2 is 1.82 bits per heavy atom. The zero-order chi connectivity index (χ0) is 22.8. The molecule has 0 unspecified atom stereocenters. The molecule has 1 amide bonds. The van der Waals surface area contributed by atoms with Gasteiger partial charge in [-0.05, 0) is 73.5 Å². The summed E-state index contributed by atoms with van der Waals surface area (Å²) in [4.78, 5) is 19.0. The molecule has 1 fully saturated rings. The van der Waals surface area contributed by atoms with Crippen LogP contribution in [0.25, 0.3) is 22.0 Å². The molecule has 1 aliphatic rings. The Morgan fingerprint density at radius 3 is 2.61 bits per heavy atom. The van der Waals surface area contributed by atoms with Gasteiger partial charge in [0, 0.05) is 35.6 Å². The molecule has 0 saturated carbocycles. The number of amides is 1. The lowest BCUT2D eigenvalue weighted by molar-refractivity contribution is 0.102. The fourth-order valence-electron chi connectivity index (χ4n) is 4.30. The number of benzene rings is 2. The summed E-state index contributed by atoms with van der Waals surface area (Å²) >= 11 is 0. The molecule has 0 atom stereocenters. The zero-order valence-corrected chi connectivity index (χ0v) is 17.9. The Kier molecular flexibility index (Phi) is 5.83. The number of rotatable bonds is 5. The van der Waals surface area contributed by atoms with E-state index in [0.717, 1.165) is 31.5 Å². The molecule has 8 heteroatoms. The summed E-state index contributed by atoms with van der Waals surface area (Å²) in [5.74, 6) is -2.18. The Labute approximate surface area is 189 Å². The van der Waals surface area contributed by atoms with Gasteiger partial charge in [0.25, 0.3) is 5.91 Å². The predicted octanol–water partition coefficient (Wildman–Crippen LogP) is 5.14. The summed E-state index contributed by atoms with van der Waals surface area (Å²) < 4.78 is 29.3. The van der Waals surface area contributed by atoms with E-state index < -0.39 is 17.5 Å². The van der Waals surface area contributed by atoms with Gasteiger partial charge in [0.15, 0.2) is 17.3 Å². The molecule has 2 aromatic heterocycles. The highest BCUT2D eigenvalue weighted by Gasteiger charge is 2.19. The van der Waals surface area contributed by atoms with Crippen LogP contribution in [0.5, 0.6) is 0 Å². The van der Waals surface area contributed by atoms with Crippen LogP contribution in [0.2, 0.25) is 0 Å². The van der Waals surface area contributed by atoms with Crippen LogP contribution in [0.1, 0.15) is 35.3 Å². The number of aromatic nitrogens is 3. The van der Waals surface area contributed by atoms with E-state index in [1.165, 1.54) is 12.5 Å².